The predicted octanol–water partition coefficient (Wildman–Crippen LogP) is 2.37. The van der Waals surface area contributed by atoms with Crippen LogP contribution < -0.4 is 11.1 Å². The van der Waals surface area contributed by atoms with Crippen molar-refractivity contribution in [3.8, 4) is 0 Å². The first-order chi connectivity index (χ1) is 9.99. The zero-order chi connectivity index (χ0) is 15.4. The van der Waals surface area contributed by atoms with Crippen LogP contribution in [0.4, 0.5) is 5.95 Å². The summed E-state index contributed by atoms with van der Waals surface area (Å²) in [6.07, 6.45) is 5.90. The first-order valence-electron chi connectivity index (χ1n) is 7.66. The molecule has 0 spiro atoms. The third kappa shape index (κ3) is 4.12. The number of hydrogen-bond acceptors (Lipinski definition) is 5. The minimum Gasteiger partial charge on any atom is -0.368 e. The number of aromatic nitrogens is 3. The molecule has 7 heteroatoms. The van der Waals surface area contributed by atoms with E-state index in [1.807, 2.05) is 25.3 Å². The van der Waals surface area contributed by atoms with Crippen molar-refractivity contribution < 1.29 is 4.79 Å². The van der Waals surface area contributed by atoms with Crippen molar-refractivity contribution in [2.24, 2.45) is 0 Å². The lowest BCUT2D eigenvalue weighted by Gasteiger charge is -2.24. The van der Waals surface area contributed by atoms with Crippen LogP contribution in [0.5, 0.6) is 0 Å². The Balaban J connectivity index is 1.94. The van der Waals surface area contributed by atoms with Gasteiger partial charge in [0.2, 0.25) is 11.9 Å². The minimum atomic E-state index is -0.201. The third-order valence-electron chi connectivity index (χ3n) is 3.81. The monoisotopic (exact) mass is 311 g/mol. The van der Waals surface area contributed by atoms with Gasteiger partial charge in [-0.3, -0.25) is 9.36 Å². The second kappa shape index (κ2) is 7.15. The van der Waals surface area contributed by atoms with Crippen LogP contribution in [0.15, 0.2) is 5.16 Å². The Morgan fingerprint density at radius 3 is 2.57 bits per heavy atom. The molecule has 1 aliphatic rings. The van der Waals surface area contributed by atoms with Gasteiger partial charge in [-0.05, 0) is 33.6 Å². The second-order valence-electron chi connectivity index (χ2n) is 5.91. The molecular formula is C14H25N5OS. The van der Waals surface area contributed by atoms with Crippen molar-refractivity contribution in [2.75, 3.05) is 5.73 Å². The van der Waals surface area contributed by atoms with Crippen molar-refractivity contribution in [3.05, 3.63) is 0 Å². The number of thioether (sulfide) groups is 1. The molecule has 1 atom stereocenters. The maximum atomic E-state index is 12.3. The zero-order valence-corrected chi connectivity index (χ0v) is 13.8. The molecule has 1 amide bonds. The normalized spacial score (nSPS) is 17.9. The highest BCUT2D eigenvalue weighted by Gasteiger charge is 2.23. The number of nitrogen functional groups attached to an aromatic ring is 1. The molecule has 0 aliphatic heterocycles. The van der Waals surface area contributed by atoms with E-state index < -0.39 is 0 Å². The van der Waals surface area contributed by atoms with Gasteiger partial charge in [0.1, 0.15) is 0 Å². The van der Waals surface area contributed by atoms with Gasteiger partial charge in [0.25, 0.3) is 0 Å². The molecule has 6 nitrogen and oxygen atoms in total. The zero-order valence-electron chi connectivity index (χ0n) is 13.0. The van der Waals surface area contributed by atoms with Gasteiger partial charge >= 0.3 is 0 Å². The molecule has 0 bridgehead atoms. The van der Waals surface area contributed by atoms with Crippen molar-refractivity contribution in [3.63, 3.8) is 0 Å². The fraction of sp³-hybridized carbons (Fsp3) is 0.786. The molecule has 0 aromatic carbocycles. The number of carbonyl (C=O) groups is 1. The Hall–Kier alpha value is -1.24. The topological polar surface area (TPSA) is 85.8 Å². The highest BCUT2D eigenvalue weighted by molar-refractivity contribution is 8.00. The molecule has 1 fully saturated rings. The SMILES string of the molecule is CC(Sc1nnc(N)n1C(C)C)C(=O)NC1CCCCC1. The van der Waals surface area contributed by atoms with E-state index in [-0.39, 0.29) is 17.2 Å². The Kier molecular flexibility index (Phi) is 5.50. The Labute approximate surface area is 130 Å². The maximum Gasteiger partial charge on any atom is 0.233 e. The maximum absolute atomic E-state index is 12.3. The van der Waals surface area contributed by atoms with Gasteiger partial charge < -0.3 is 11.1 Å². The summed E-state index contributed by atoms with van der Waals surface area (Å²) < 4.78 is 1.86. The van der Waals surface area contributed by atoms with Crippen LogP contribution >= 0.6 is 11.8 Å². The summed E-state index contributed by atoms with van der Waals surface area (Å²) in [5.41, 5.74) is 5.82. The number of amides is 1. The number of hydrogen-bond donors (Lipinski definition) is 2. The van der Waals surface area contributed by atoms with Crippen molar-refractivity contribution in [1.29, 1.82) is 0 Å². The van der Waals surface area contributed by atoms with Crippen LogP contribution in [-0.4, -0.2) is 32.0 Å². The Bertz CT molecular complexity index is 482. The molecule has 1 saturated carbocycles. The summed E-state index contributed by atoms with van der Waals surface area (Å²) >= 11 is 1.41. The molecule has 3 N–H and O–H groups in total. The van der Waals surface area contributed by atoms with Crippen LogP contribution in [0.25, 0.3) is 0 Å². The summed E-state index contributed by atoms with van der Waals surface area (Å²) in [5.74, 6) is 0.469. The van der Waals surface area contributed by atoms with Crippen LogP contribution in [0, 0.1) is 0 Å². The quantitative estimate of drug-likeness (QED) is 0.815. The summed E-state index contributed by atoms with van der Waals surface area (Å²) in [6, 6.07) is 0.512. The summed E-state index contributed by atoms with van der Waals surface area (Å²) in [5, 5.41) is 11.6. The number of carbonyl (C=O) groups excluding carboxylic acids is 1. The molecule has 0 saturated heterocycles. The number of nitrogens with zero attached hydrogens (tertiary/aromatic N) is 3. The number of nitrogens with one attached hydrogen (secondary N) is 1. The fourth-order valence-electron chi connectivity index (χ4n) is 2.63. The highest BCUT2D eigenvalue weighted by Crippen LogP contribution is 2.26. The van der Waals surface area contributed by atoms with Gasteiger partial charge in [0.15, 0.2) is 5.16 Å². The van der Waals surface area contributed by atoms with Crippen molar-refractivity contribution >= 4 is 23.6 Å². The van der Waals surface area contributed by atoms with Gasteiger partial charge in [-0.25, -0.2) is 0 Å². The predicted molar refractivity (Wildman–Crippen MR) is 85.2 cm³/mol. The van der Waals surface area contributed by atoms with Crippen LogP contribution in [0.3, 0.4) is 0 Å². The lowest BCUT2D eigenvalue weighted by atomic mass is 9.95. The van der Waals surface area contributed by atoms with Crippen molar-refractivity contribution in [2.45, 2.75) is 75.4 Å². The molecule has 1 aliphatic carbocycles. The van der Waals surface area contributed by atoms with E-state index in [0.717, 1.165) is 12.8 Å². The lowest BCUT2D eigenvalue weighted by Crippen LogP contribution is -2.40. The number of nitrogens with two attached hydrogens (primary N) is 1. The van der Waals surface area contributed by atoms with E-state index in [9.17, 15) is 4.79 Å². The lowest BCUT2D eigenvalue weighted by molar-refractivity contribution is -0.121. The first kappa shape index (κ1) is 16.1. The van der Waals surface area contributed by atoms with Crippen LogP contribution in [0.1, 0.15) is 58.9 Å². The van der Waals surface area contributed by atoms with Gasteiger partial charge in [-0.1, -0.05) is 31.0 Å². The largest absolute Gasteiger partial charge is 0.368 e. The summed E-state index contributed by atoms with van der Waals surface area (Å²) in [7, 11) is 0. The number of rotatable bonds is 5. The average Bonchev–Trinajstić information content (AvgIpc) is 2.80. The standard InChI is InChI=1S/C14H25N5OS/c1-9(2)19-13(15)17-18-14(19)21-10(3)12(20)16-11-7-5-4-6-8-11/h9-11H,4-8H2,1-3H3,(H2,15,17)(H,16,20). The number of anilines is 1. The molecule has 1 heterocycles. The van der Waals surface area contributed by atoms with E-state index in [4.69, 9.17) is 5.73 Å². The molecule has 118 valence electrons. The summed E-state index contributed by atoms with van der Waals surface area (Å²) in [6.45, 7) is 5.95. The van der Waals surface area contributed by atoms with E-state index in [0.29, 0.717) is 17.1 Å². The molecule has 21 heavy (non-hydrogen) atoms. The van der Waals surface area contributed by atoms with Gasteiger partial charge in [0.05, 0.1) is 5.25 Å². The van der Waals surface area contributed by atoms with Crippen LogP contribution in [0.2, 0.25) is 0 Å². The fourth-order valence-corrected chi connectivity index (χ4v) is 3.63. The third-order valence-corrected chi connectivity index (χ3v) is 4.87. The molecule has 1 aromatic heterocycles. The van der Waals surface area contributed by atoms with Gasteiger partial charge in [-0.15, -0.1) is 10.2 Å². The van der Waals surface area contributed by atoms with Gasteiger partial charge in [-0.2, -0.15) is 0 Å². The minimum absolute atomic E-state index is 0.0729. The van der Waals surface area contributed by atoms with E-state index in [1.165, 1.54) is 31.0 Å². The van der Waals surface area contributed by atoms with Crippen LogP contribution in [-0.2, 0) is 4.79 Å². The molecule has 0 radical (unpaired) electrons. The molecular weight excluding hydrogens is 286 g/mol. The van der Waals surface area contributed by atoms with E-state index >= 15 is 0 Å². The van der Waals surface area contributed by atoms with E-state index in [1.54, 1.807) is 0 Å². The second-order valence-corrected chi connectivity index (χ2v) is 7.22. The Morgan fingerprint density at radius 1 is 1.29 bits per heavy atom. The van der Waals surface area contributed by atoms with E-state index in [2.05, 4.69) is 15.5 Å². The molecule has 1 unspecified atom stereocenters. The highest BCUT2D eigenvalue weighted by atomic mass is 32.2. The van der Waals surface area contributed by atoms with Gasteiger partial charge in [0, 0.05) is 12.1 Å². The average molecular weight is 311 g/mol. The van der Waals surface area contributed by atoms with Crippen molar-refractivity contribution in [1.82, 2.24) is 20.1 Å². The molecule has 2 rings (SSSR count). The summed E-state index contributed by atoms with van der Waals surface area (Å²) in [4.78, 5) is 12.3. The first-order valence-corrected chi connectivity index (χ1v) is 8.54. The Morgan fingerprint density at radius 2 is 1.95 bits per heavy atom. The molecule has 1 aromatic rings. The smallest absolute Gasteiger partial charge is 0.233 e.